The van der Waals surface area contributed by atoms with Crippen LogP contribution in [0.5, 0.6) is 0 Å². The average molecular weight is 309 g/mol. The van der Waals surface area contributed by atoms with E-state index >= 15 is 0 Å². The Morgan fingerprint density at radius 3 is 2.70 bits per heavy atom. The van der Waals surface area contributed by atoms with Crippen molar-refractivity contribution in [2.75, 3.05) is 18.4 Å². The molecule has 122 valence electrons. The van der Waals surface area contributed by atoms with Gasteiger partial charge in [0.05, 0.1) is 0 Å². The van der Waals surface area contributed by atoms with Crippen LogP contribution in [0.1, 0.15) is 43.9 Å². The summed E-state index contributed by atoms with van der Waals surface area (Å²) in [7, 11) is 0. The van der Waals surface area contributed by atoms with E-state index in [9.17, 15) is 0 Å². The van der Waals surface area contributed by atoms with Gasteiger partial charge in [-0.15, -0.1) is 0 Å². The van der Waals surface area contributed by atoms with E-state index in [0.717, 1.165) is 18.9 Å². The number of likely N-dealkylation sites (tertiary alicyclic amines) is 1. The highest BCUT2D eigenvalue weighted by Crippen LogP contribution is 2.33. The van der Waals surface area contributed by atoms with Crippen molar-refractivity contribution >= 4 is 5.82 Å². The maximum Gasteiger partial charge on any atom is 0.125 e. The van der Waals surface area contributed by atoms with E-state index in [1.165, 1.54) is 30.5 Å². The molecule has 1 aromatic carbocycles. The lowest BCUT2D eigenvalue weighted by molar-refractivity contribution is 0.248. The summed E-state index contributed by atoms with van der Waals surface area (Å²) in [5.74, 6) is 1.61. The Balaban J connectivity index is 1.65. The van der Waals surface area contributed by atoms with Gasteiger partial charge in [0.15, 0.2) is 0 Å². The quantitative estimate of drug-likeness (QED) is 0.852. The topological polar surface area (TPSA) is 28.2 Å². The molecule has 23 heavy (non-hydrogen) atoms. The molecular weight excluding hydrogens is 282 g/mol. The van der Waals surface area contributed by atoms with Gasteiger partial charge in [-0.3, -0.25) is 4.90 Å². The molecule has 0 amide bonds. The summed E-state index contributed by atoms with van der Waals surface area (Å²) in [6.07, 6.45) is 4.55. The number of nitrogens with one attached hydrogen (secondary N) is 1. The fourth-order valence-electron chi connectivity index (χ4n) is 3.23. The highest BCUT2D eigenvalue weighted by molar-refractivity contribution is 5.36. The first kappa shape index (κ1) is 16.0. The molecule has 0 unspecified atom stereocenters. The van der Waals surface area contributed by atoms with E-state index < -0.39 is 0 Å². The third kappa shape index (κ3) is 4.32. The van der Waals surface area contributed by atoms with E-state index in [0.29, 0.717) is 12.0 Å². The minimum Gasteiger partial charge on any atom is -0.370 e. The Morgan fingerprint density at radius 1 is 1.17 bits per heavy atom. The zero-order valence-corrected chi connectivity index (χ0v) is 14.2. The van der Waals surface area contributed by atoms with E-state index in [4.69, 9.17) is 0 Å². The number of benzene rings is 1. The predicted octanol–water partition coefficient (Wildman–Crippen LogP) is 4.49. The Labute approximate surface area is 139 Å². The third-order valence-corrected chi connectivity index (χ3v) is 4.45. The summed E-state index contributed by atoms with van der Waals surface area (Å²) in [5, 5.41) is 3.39. The summed E-state index contributed by atoms with van der Waals surface area (Å²) in [4.78, 5) is 7.18. The number of pyridine rings is 1. The molecule has 1 N–H and O–H groups in total. The van der Waals surface area contributed by atoms with Crippen LogP contribution in [0, 0.1) is 5.92 Å². The van der Waals surface area contributed by atoms with Crippen LogP contribution in [-0.2, 0) is 6.54 Å². The molecule has 2 aromatic rings. The summed E-state index contributed by atoms with van der Waals surface area (Å²) in [6.45, 7) is 7.59. The van der Waals surface area contributed by atoms with Crippen molar-refractivity contribution in [2.45, 2.75) is 39.3 Å². The van der Waals surface area contributed by atoms with Gasteiger partial charge >= 0.3 is 0 Å². The smallest absolute Gasteiger partial charge is 0.125 e. The lowest BCUT2D eigenvalue weighted by Gasteiger charge is -2.25. The van der Waals surface area contributed by atoms with E-state index in [1.807, 2.05) is 0 Å². The summed E-state index contributed by atoms with van der Waals surface area (Å²) in [5.41, 5.74) is 2.73. The van der Waals surface area contributed by atoms with Gasteiger partial charge in [0, 0.05) is 25.3 Å². The van der Waals surface area contributed by atoms with Crippen LogP contribution in [0.4, 0.5) is 5.82 Å². The maximum atomic E-state index is 4.60. The van der Waals surface area contributed by atoms with Crippen molar-refractivity contribution in [1.82, 2.24) is 9.88 Å². The minimum absolute atomic E-state index is 0.502. The largest absolute Gasteiger partial charge is 0.370 e. The van der Waals surface area contributed by atoms with Crippen molar-refractivity contribution in [2.24, 2.45) is 5.92 Å². The molecule has 0 saturated carbocycles. The number of anilines is 1. The van der Waals surface area contributed by atoms with Gasteiger partial charge in [-0.1, -0.05) is 50.2 Å². The van der Waals surface area contributed by atoms with Gasteiger partial charge < -0.3 is 5.32 Å². The van der Waals surface area contributed by atoms with E-state index in [-0.39, 0.29) is 0 Å². The molecule has 3 nitrogen and oxygen atoms in total. The lowest BCUT2D eigenvalue weighted by atomic mass is 10.1. The summed E-state index contributed by atoms with van der Waals surface area (Å²) >= 11 is 0. The normalized spacial score (nSPS) is 18.5. The molecule has 0 radical (unpaired) electrons. The van der Waals surface area contributed by atoms with Crippen LogP contribution in [0.3, 0.4) is 0 Å². The zero-order chi connectivity index (χ0) is 16.1. The molecule has 1 aromatic heterocycles. The molecular formula is C20H27N3. The molecule has 1 saturated heterocycles. The molecule has 1 fully saturated rings. The van der Waals surface area contributed by atoms with Gasteiger partial charge in [-0.2, -0.15) is 0 Å². The summed E-state index contributed by atoms with van der Waals surface area (Å²) in [6, 6.07) is 15.6. The van der Waals surface area contributed by atoms with Crippen LogP contribution in [0.2, 0.25) is 0 Å². The Hall–Kier alpha value is -1.87. The van der Waals surface area contributed by atoms with Gasteiger partial charge in [-0.05, 0) is 42.5 Å². The number of aromatic nitrogens is 1. The second-order valence-electron chi connectivity index (χ2n) is 6.87. The Morgan fingerprint density at radius 2 is 2.00 bits per heavy atom. The van der Waals surface area contributed by atoms with E-state index in [1.54, 1.807) is 0 Å². The fourth-order valence-corrected chi connectivity index (χ4v) is 3.23. The maximum absolute atomic E-state index is 4.60. The molecule has 1 atom stereocenters. The number of hydrogen-bond acceptors (Lipinski definition) is 3. The Kier molecular flexibility index (Phi) is 5.29. The highest BCUT2D eigenvalue weighted by Gasteiger charge is 2.26. The molecule has 1 aliphatic heterocycles. The second-order valence-corrected chi connectivity index (χ2v) is 6.87. The fraction of sp³-hybridized carbons (Fsp3) is 0.450. The molecule has 0 aliphatic carbocycles. The van der Waals surface area contributed by atoms with Crippen molar-refractivity contribution in [3.63, 3.8) is 0 Å². The number of nitrogens with zero attached hydrogens (tertiary/aromatic N) is 2. The number of hydrogen-bond donors (Lipinski definition) is 1. The Bertz CT molecular complexity index is 592. The average Bonchev–Trinajstić information content (AvgIpc) is 3.02. The first-order chi connectivity index (χ1) is 11.2. The lowest BCUT2D eigenvalue weighted by Crippen LogP contribution is -2.22. The van der Waals surface area contributed by atoms with Crippen molar-refractivity contribution in [1.29, 1.82) is 0 Å². The van der Waals surface area contributed by atoms with Crippen molar-refractivity contribution < 1.29 is 0 Å². The molecule has 3 heteroatoms. The first-order valence-corrected chi connectivity index (χ1v) is 8.70. The van der Waals surface area contributed by atoms with Crippen LogP contribution in [0.15, 0.2) is 48.7 Å². The molecule has 3 rings (SSSR count). The molecule has 1 aliphatic rings. The zero-order valence-electron chi connectivity index (χ0n) is 14.2. The first-order valence-electron chi connectivity index (χ1n) is 8.70. The second kappa shape index (κ2) is 7.60. The monoisotopic (exact) mass is 309 g/mol. The standard InChI is InChI=1S/C20H27N3/c1-16(2)13-21-20-11-10-18(14-22-20)19-9-6-12-23(19)15-17-7-4-3-5-8-17/h3-5,7-8,10-11,14,16,19H,6,9,12-13,15H2,1-2H3,(H,21,22)/t19-/m0/s1. The SMILES string of the molecule is CC(C)CNc1ccc([C@@H]2CCCN2Cc2ccccc2)cn1. The van der Waals surface area contributed by atoms with Crippen LogP contribution < -0.4 is 5.32 Å². The molecule has 2 heterocycles. The van der Waals surface area contributed by atoms with Crippen molar-refractivity contribution in [3.8, 4) is 0 Å². The molecule has 0 bridgehead atoms. The van der Waals surface area contributed by atoms with Crippen molar-refractivity contribution in [3.05, 3.63) is 59.8 Å². The van der Waals surface area contributed by atoms with Gasteiger partial charge in [-0.25, -0.2) is 4.98 Å². The third-order valence-electron chi connectivity index (χ3n) is 4.45. The minimum atomic E-state index is 0.502. The van der Waals surface area contributed by atoms with Crippen LogP contribution >= 0.6 is 0 Å². The van der Waals surface area contributed by atoms with Gasteiger partial charge in [0.2, 0.25) is 0 Å². The predicted molar refractivity (Wildman–Crippen MR) is 96.4 cm³/mol. The number of rotatable bonds is 6. The molecule has 0 spiro atoms. The van der Waals surface area contributed by atoms with Crippen LogP contribution in [0.25, 0.3) is 0 Å². The van der Waals surface area contributed by atoms with Gasteiger partial charge in [0.25, 0.3) is 0 Å². The van der Waals surface area contributed by atoms with Gasteiger partial charge in [0.1, 0.15) is 5.82 Å². The van der Waals surface area contributed by atoms with Crippen LogP contribution in [-0.4, -0.2) is 23.0 Å². The highest BCUT2D eigenvalue weighted by atomic mass is 15.2. The summed E-state index contributed by atoms with van der Waals surface area (Å²) < 4.78 is 0. The van der Waals surface area contributed by atoms with E-state index in [2.05, 4.69) is 77.7 Å².